The Hall–Kier alpha value is -3.97. The zero-order valence-corrected chi connectivity index (χ0v) is 17.5. The van der Waals surface area contributed by atoms with Gasteiger partial charge in [-0.1, -0.05) is 54.1 Å². The molecule has 0 saturated carbocycles. The van der Waals surface area contributed by atoms with Crippen molar-refractivity contribution >= 4 is 23.2 Å². The van der Waals surface area contributed by atoms with Gasteiger partial charge in [0.15, 0.2) is 0 Å². The summed E-state index contributed by atoms with van der Waals surface area (Å²) in [5.41, 5.74) is 4.42. The zero-order chi connectivity index (χ0) is 22.2. The third kappa shape index (κ3) is 3.42. The lowest BCUT2D eigenvalue weighted by Gasteiger charge is -2.26. The Morgan fingerprint density at radius 3 is 2.34 bits per heavy atom. The highest BCUT2D eigenvalue weighted by atomic mass is 35.5. The normalized spacial score (nSPS) is 15.1. The van der Waals surface area contributed by atoms with E-state index in [2.05, 4.69) is 10.2 Å². The first kappa shape index (κ1) is 20.0. The number of non-ortho nitro benzene ring substituents is 1. The fourth-order valence-corrected chi connectivity index (χ4v) is 4.22. The number of nitrogens with one attached hydrogen (secondary N) is 1. The van der Waals surface area contributed by atoms with E-state index in [1.807, 2.05) is 42.5 Å². The van der Waals surface area contributed by atoms with Crippen LogP contribution in [0.5, 0.6) is 0 Å². The fourth-order valence-electron chi connectivity index (χ4n) is 4.09. The van der Waals surface area contributed by atoms with Gasteiger partial charge in [-0.05, 0) is 35.4 Å². The van der Waals surface area contributed by atoms with Crippen molar-refractivity contribution in [1.29, 1.82) is 0 Å². The van der Waals surface area contributed by atoms with Gasteiger partial charge >= 0.3 is 0 Å². The summed E-state index contributed by atoms with van der Waals surface area (Å²) in [5, 5.41) is 19.1. The van der Waals surface area contributed by atoms with Gasteiger partial charge in [-0.3, -0.25) is 20.0 Å². The highest BCUT2D eigenvalue weighted by molar-refractivity contribution is 6.30. The minimum absolute atomic E-state index is 0.00183. The first-order chi connectivity index (χ1) is 15.5. The Kier molecular flexibility index (Phi) is 4.95. The number of carbonyl (C=O) groups is 1. The SMILES string of the molecule is O=C1c2[nH]nc(-c3ccc(Cl)cc3)c2C(c2ccc([N+](=O)[O-])cc2)N1Cc1ccccc1. The molecule has 1 unspecified atom stereocenters. The van der Waals surface area contributed by atoms with Gasteiger partial charge in [0.05, 0.1) is 16.7 Å². The molecule has 1 aromatic heterocycles. The molecule has 0 spiro atoms. The number of benzene rings is 3. The molecule has 0 fully saturated rings. The monoisotopic (exact) mass is 444 g/mol. The van der Waals surface area contributed by atoms with Gasteiger partial charge < -0.3 is 4.90 Å². The molecule has 1 aliphatic rings. The molecule has 32 heavy (non-hydrogen) atoms. The van der Waals surface area contributed by atoms with E-state index in [1.165, 1.54) is 12.1 Å². The molecule has 1 aliphatic heterocycles. The van der Waals surface area contributed by atoms with E-state index < -0.39 is 11.0 Å². The average Bonchev–Trinajstić information content (AvgIpc) is 3.34. The zero-order valence-electron chi connectivity index (χ0n) is 16.7. The van der Waals surface area contributed by atoms with Crippen molar-refractivity contribution in [3.8, 4) is 11.3 Å². The average molecular weight is 445 g/mol. The van der Waals surface area contributed by atoms with E-state index in [4.69, 9.17) is 11.6 Å². The highest BCUT2D eigenvalue weighted by Crippen LogP contribution is 2.43. The minimum Gasteiger partial charge on any atom is -0.322 e. The van der Waals surface area contributed by atoms with Crippen LogP contribution in [0.1, 0.15) is 33.2 Å². The molecule has 1 atom stereocenters. The number of hydrogen-bond acceptors (Lipinski definition) is 4. The summed E-state index contributed by atoms with van der Waals surface area (Å²) < 4.78 is 0. The smallest absolute Gasteiger partial charge is 0.273 e. The van der Waals surface area contributed by atoms with Crippen LogP contribution in [0.2, 0.25) is 5.02 Å². The summed E-state index contributed by atoms with van der Waals surface area (Å²) in [6.45, 7) is 0.393. The predicted octanol–water partition coefficient (Wildman–Crippen LogP) is 5.38. The van der Waals surface area contributed by atoms with Crippen LogP contribution in [-0.2, 0) is 6.54 Å². The summed E-state index contributed by atoms with van der Waals surface area (Å²) in [4.78, 5) is 25.8. The quantitative estimate of drug-likeness (QED) is 0.330. The Morgan fingerprint density at radius 1 is 1.00 bits per heavy atom. The molecule has 158 valence electrons. The van der Waals surface area contributed by atoms with Crippen LogP contribution in [0.4, 0.5) is 5.69 Å². The number of halogens is 1. The minimum atomic E-state index is -0.442. The molecule has 0 bridgehead atoms. The van der Waals surface area contributed by atoms with Gasteiger partial charge in [-0.25, -0.2) is 0 Å². The topological polar surface area (TPSA) is 92.1 Å². The van der Waals surface area contributed by atoms with Crippen molar-refractivity contribution in [2.24, 2.45) is 0 Å². The number of nitro groups is 1. The summed E-state index contributed by atoms with van der Waals surface area (Å²) in [5.74, 6) is -0.167. The fraction of sp³-hybridized carbons (Fsp3) is 0.0833. The number of carbonyl (C=O) groups excluding carboxylic acids is 1. The summed E-state index contributed by atoms with van der Waals surface area (Å²) in [6, 6.07) is 22.8. The van der Waals surface area contributed by atoms with E-state index in [1.54, 1.807) is 29.2 Å². The molecule has 5 rings (SSSR count). The van der Waals surface area contributed by atoms with Crippen LogP contribution in [-0.4, -0.2) is 25.9 Å². The number of aromatic nitrogens is 2. The Morgan fingerprint density at radius 2 is 1.69 bits per heavy atom. The summed E-state index contributed by atoms with van der Waals surface area (Å²) >= 11 is 6.05. The van der Waals surface area contributed by atoms with Crippen LogP contribution >= 0.6 is 11.6 Å². The van der Waals surface area contributed by atoms with Crippen LogP contribution in [0.3, 0.4) is 0 Å². The van der Waals surface area contributed by atoms with Crippen molar-refractivity contribution in [1.82, 2.24) is 15.1 Å². The maximum absolute atomic E-state index is 13.4. The van der Waals surface area contributed by atoms with Gasteiger partial charge in [0.25, 0.3) is 11.6 Å². The van der Waals surface area contributed by atoms with Crippen molar-refractivity contribution in [2.75, 3.05) is 0 Å². The Bertz CT molecular complexity index is 1300. The first-order valence-corrected chi connectivity index (χ1v) is 10.3. The van der Waals surface area contributed by atoms with Gasteiger partial charge in [0, 0.05) is 34.8 Å². The van der Waals surface area contributed by atoms with Crippen LogP contribution in [0, 0.1) is 10.1 Å². The molecule has 1 amide bonds. The number of rotatable bonds is 5. The predicted molar refractivity (Wildman–Crippen MR) is 120 cm³/mol. The van der Waals surface area contributed by atoms with Crippen LogP contribution < -0.4 is 0 Å². The number of nitrogens with zero attached hydrogens (tertiary/aromatic N) is 3. The number of H-pyrrole nitrogens is 1. The van der Waals surface area contributed by atoms with Crippen molar-refractivity contribution in [3.05, 3.63) is 116 Å². The van der Waals surface area contributed by atoms with E-state index in [0.717, 1.165) is 22.3 Å². The standard InChI is InChI=1S/C24H17ClN4O3/c25-18-10-6-16(7-11-18)21-20-22(27-26-21)24(30)28(14-15-4-2-1-3-5-15)23(20)17-8-12-19(13-9-17)29(31)32/h1-13,23H,14H2,(H,26,27). The third-order valence-corrected chi connectivity index (χ3v) is 5.85. The molecule has 0 saturated heterocycles. The number of aromatic amines is 1. The molecule has 4 aromatic rings. The van der Waals surface area contributed by atoms with Gasteiger partial charge in [-0.15, -0.1) is 0 Å². The molecule has 1 N–H and O–H groups in total. The van der Waals surface area contributed by atoms with Crippen molar-refractivity contribution in [2.45, 2.75) is 12.6 Å². The molecule has 0 radical (unpaired) electrons. The lowest BCUT2D eigenvalue weighted by molar-refractivity contribution is -0.384. The lowest BCUT2D eigenvalue weighted by atomic mass is 9.95. The van der Waals surface area contributed by atoms with Crippen LogP contribution in [0.25, 0.3) is 11.3 Å². The molecule has 7 nitrogen and oxygen atoms in total. The van der Waals surface area contributed by atoms with Gasteiger partial charge in [0.2, 0.25) is 0 Å². The van der Waals surface area contributed by atoms with Crippen molar-refractivity contribution in [3.63, 3.8) is 0 Å². The number of fused-ring (bicyclic) bond motifs is 1. The van der Waals surface area contributed by atoms with Gasteiger partial charge in [0.1, 0.15) is 5.69 Å². The molecule has 0 aliphatic carbocycles. The van der Waals surface area contributed by atoms with Crippen LogP contribution in [0.15, 0.2) is 78.9 Å². The number of hydrogen-bond donors (Lipinski definition) is 1. The van der Waals surface area contributed by atoms with E-state index in [-0.39, 0.29) is 11.6 Å². The maximum atomic E-state index is 13.4. The Balaban J connectivity index is 1.64. The van der Waals surface area contributed by atoms with E-state index in [9.17, 15) is 14.9 Å². The second kappa shape index (κ2) is 7.94. The largest absolute Gasteiger partial charge is 0.322 e. The van der Waals surface area contributed by atoms with Gasteiger partial charge in [-0.2, -0.15) is 5.10 Å². The van der Waals surface area contributed by atoms with Crippen molar-refractivity contribution < 1.29 is 9.72 Å². The third-order valence-electron chi connectivity index (χ3n) is 5.60. The number of amides is 1. The summed E-state index contributed by atoms with van der Waals surface area (Å²) in [6.07, 6.45) is 0. The molecular formula is C24H17ClN4O3. The molecule has 2 heterocycles. The van der Waals surface area contributed by atoms with E-state index >= 15 is 0 Å². The number of nitro benzene ring substituents is 1. The second-order valence-electron chi connectivity index (χ2n) is 7.54. The highest BCUT2D eigenvalue weighted by Gasteiger charge is 2.42. The van der Waals surface area contributed by atoms with E-state index in [0.29, 0.717) is 23.0 Å². The summed E-state index contributed by atoms with van der Waals surface area (Å²) in [7, 11) is 0. The maximum Gasteiger partial charge on any atom is 0.273 e. The second-order valence-corrected chi connectivity index (χ2v) is 7.97. The lowest BCUT2D eigenvalue weighted by Crippen LogP contribution is -2.29. The molecular weight excluding hydrogens is 428 g/mol. The molecule has 3 aromatic carbocycles. The first-order valence-electron chi connectivity index (χ1n) is 9.96. The molecule has 8 heteroatoms. The Labute approximate surface area is 188 Å².